The summed E-state index contributed by atoms with van der Waals surface area (Å²) in [5.41, 5.74) is 0.0262. The molecular formula is C16H16N2O7. The summed E-state index contributed by atoms with van der Waals surface area (Å²) in [5, 5.41) is 13.1. The van der Waals surface area contributed by atoms with Crippen molar-refractivity contribution in [2.24, 2.45) is 0 Å². The van der Waals surface area contributed by atoms with Gasteiger partial charge in [0.2, 0.25) is 0 Å². The Morgan fingerprint density at radius 1 is 1.12 bits per heavy atom. The second-order valence-corrected chi connectivity index (χ2v) is 4.77. The smallest absolute Gasteiger partial charge is 0.358 e. The molecule has 9 nitrogen and oxygen atoms in total. The van der Waals surface area contributed by atoms with E-state index in [9.17, 15) is 14.4 Å². The number of benzene rings is 1. The van der Waals surface area contributed by atoms with Crippen molar-refractivity contribution in [1.29, 1.82) is 0 Å². The third-order valence-electron chi connectivity index (χ3n) is 3.25. The number of rotatable bonds is 7. The van der Waals surface area contributed by atoms with E-state index in [1.165, 1.54) is 37.1 Å². The van der Waals surface area contributed by atoms with Gasteiger partial charge in [0.1, 0.15) is 23.6 Å². The molecule has 0 amide bonds. The molecule has 0 aliphatic rings. The lowest BCUT2D eigenvalue weighted by atomic mass is 10.2. The van der Waals surface area contributed by atoms with Crippen LogP contribution in [0.1, 0.15) is 31.3 Å². The first-order chi connectivity index (χ1) is 12.0. The lowest BCUT2D eigenvalue weighted by Gasteiger charge is -2.10. The fraction of sp³-hybridized carbons (Fsp3) is 0.250. The Hall–Kier alpha value is -3.36. The van der Waals surface area contributed by atoms with Gasteiger partial charge in [-0.25, -0.2) is 14.4 Å². The standard InChI is InChI=1S/C16H16N2O7/c1-23-15(21)11-9-12(16(22)24-2)18(17-11)7-8-25-13-6-4-3-5-10(13)14(19)20/h3-6,9H,7-8H2,1-2H3,(H,19,20). The number of carboxylic acid groups (broad SMARTS) is 1. The summed E-state index contributed by atoms with van der Waals surface area (Å²) in [6.07, 6.45) is 0. The summed E-state index contributed by atoms with van der Waals surface area (Å²) in [7, 11) is 2.40. The van der Waals surface area contributed by atoms with Crippen LogP contribution >= 0.6 is 0 Å². The van der Waals surface area contributed by atoms with Crippen LogP contribution in [0.15, 0.2) is 30.3 Å². The van der Waals surface area contributed by atoms with Crippen molar-refractivity contribution in [3.05, 3.63) is 47.3 Å². The summed E-state index contributed by atoms with van der Waals surface area (Å²) < 4.78 is 15.9. The van der Waals surface area contributed by atoms with Crippen molar-refractivity contribution < 1.29 is 33.7 Å². The van der Waals surface area contributed by atoms with Gasteiger partial charge in [-0.15, -0.1) is 0 Å². The highest BCUT2D eigenvalue weighted by Crippen LogP contribution is 2.18. The number of esters is 2. The summed E-state index contributed by atoms with van der Waals surface area (Å²) in [5.74, 6) is -2.29. The maximum Gasteiger partial charge on any atom is 0.358 e. The molecule has 0 aliphatic heterocycles. The third kappa shape index (κ3) is 4.14. The van der Waals surface area contributed by atoms with Gasteiger partial charge in [-0.05, 0) is 12.1 Å². The molecule has 0 spiro atoms. The minimum Gasteiger partial charge on any atom is -0.491 e. The lowest BCUT2D eigenvalue weighted by Crippen LogP contribution is -2.17. The van der Waals surface area contributed by atoms with E-state index in [1.807, 2.05) is 0 Å². The van der Waals surface area contributed by atoms with E-state index in [0.717, 1.165) is 0 Å². The maximum absolute atomic E-state index is 11.8. The number of hydrogen-bond donors (Lipinski definition) is 1. The Kier molecular flexibility index (Phi) is 5.72. The van der Waals surface area contributed by atoms with Gasteiger partial charge in [0.05, 0.1) is 20.8 Å². The average Bonchev–Trinajstić information content (AvgIpc) is 3.04. The summed E-state index contributed by atoms with van der Waals surface area (Å²) in [6.45, 7) is 0.117. The molecule has 9 heteroatoms. The van der Waals surface area contributed by atoms with Gasteiger partial charge in [-0.2, -0.15) is 5.10 Å². The number of carbonyl (C=O) groups excluding carboxylic acids is 2. The maximum atomic E-state index is 11.8. The van der Waals surface area contributed by atoms with Crippen LogP contribution in [0.25, 0.3) is 0 Å². The van der Waals surface area contributed by atoms with Gasteiger partial charge in [0, 0.05) is 6.07 Å². The molecule has 0 radical (unpaired) electrons. The predicted molar refractivity (Wildman–Crippen MR) is 83.8 cm³/mol. The van der Waals surface area contributed by atoms with Crippen LogP contribution in [-0.2, 0) is 16.0 Å². The molecule has 1 heterocycles. The molecule has 0 aliphatic carbocycles. The number of hydrogen-bond acceptors (Lipinski definition) is 7. The lowest BCUT2D eigenvalue weighted by molar-refractivity contribution is 0.0579. The Labute approximate surface area is 142 Å². The Morgan fingerprint density at radius 2 is 1.80 bits per heavy atom. The quantitative estimate of drug-likeness (QED) is 0.743. The Balaban J connectivity index is 2.15. The number of carboxylic acids is 1. The molecule has 0 saturated carbocycles. The summed E-state index contributed by atoms with van der Waals surface area (Å²) >= 11 is 0. The second kappa shape index (κ2) is 7.95. The van der Waals surface area contributed by atoms with Gasteiger partial charge in [-0.1, -0.05) is 12.1 Å². The highest BCUT2D eigenvalue weighted by Gasteiger charge is 2.20. The molecule has 25 heavy (non-hydrogen) atoms. The molecule has 1 aromatic carbocycles. The van der Waals surface area contributed by atoms with Gasteiger partial charge in [0.25, 0.3) is 0 Å². The van der Waals surface area contributed by atoms with E-state index in [-0.39, 0.29) is 35.9 Å². The monoisotopic (exact) mass is 348 g/mol. The topological polar surface area (TPSA) is 117 Å². The van der Waals surface area contributed by atoms with Crippen molar-refractivity contribution in [2.45, 2.75) is 6.54 Å². The van der Waals surface area contributed by atoms with Gasteiger partial charge < -0.3 is 19.3 Å². The van der Waals surface area contributed by atoms with Crippen LogP contribution in [0.3, 0.4) is 0 Å². The molecular weight excluding hydrogens is 332 g/mol. The summed E-state index contributed by atoms with van der Waals surface area (Å²) in [4.78, 5) is 34.5. The molecule has 0 bridgehead atoms. The fourth-order valence-electron chi connectivity index (χ4n) is 2.07. The van der Waals surface area contributed by atoms with E-state index in [4.69, 9.17) is 9.84 Å². The normalized spacial score (nSPS) is 10.2. The van der Waals surface area contributed by atoms with E-state index in [1.54, 1.807) is 12.1 Å². The molecule has 132 valence electrons. The summed E-state index contributed by atoms with van der Waals surface area (Å²) in [6, 6.07) is 7.42. The minimum atomic E-state index is -1.11. The van der Waals surface area contributed by atoms with E-state index >= 15 is 0 Å². The Bertz CT molecular complexity index is 798. The average molecular weight is 348 g/mol. The van der Waals surface area contributed by atoms with Gasteiger partial charge in [0.15, 0.2) is 5.69 Å². The van der Waals surface area contributed by atoms with Crippen molar-refractivity contribution in [2.75, 3.05) is 20.8 Å². The number of carbonyl (C=O) groups is 3. The molecule has 1 N–H and O–H groups in total. The van der Waals surface area contributed by atoms with Crippen LogP contribution < -0.4 is 4.74 Å². The number of ether oxygens (including phenoxy) is 3. The molecule has 0 saturated heterocycles. The first kappa shape index (κ1) is 18.0. The van der Waals surface area contributed by atoms with Crippen LogP contribution in [0.2, 0.25) is 0 Å². The Morgan fingerprint density at radius 3 is 2.44 bits per heavy atom. The van der Waals surface area contributed by atoms with Crippen molar-refractivity contribution in [1.82, 2.24) is 9.78 Å². The van der Waals surface area contributed by atoms with Crippen LogP contribution in [0, 0.1) is 0 Å². The molecule has 0 fully saturated rings. The molecule has 1 aromatic heterocycles. The molecule has 0 unspecified atom stereocenters. The third-order valence-corrected chi connectivity index (χ3v) is 3.25. The van der Waals surface area contributed by atoms with E-state index < -0.39 is 17.9 Å². The van der Waals surface area contributed by atoms with Gasteiger partial charge >= 0.3 is 17.9 Å². The molecule has 0 atom stereocenters. The number of aromatic carboxylic acids is 1. The van der Waals surface area contributed by atoms with E-state index in [0.29, 0.717) is 0 Å². The van der Waals surface area contributed by atoms with E-state index in [2.05, 4.69) is 14.6 Å². The van der Waals surface area contributed by atoms with Crippen LogP contribution in [-0.4, -0.2) is 53.6 Å². The van der Waals surface area contributed by atoms with Crippen LogP contribution in [0.4, 0.5) is 0 Å². The highest BCUT2D eigenvalue weighted by molar-refractivity contribution is 5.93. The number of methoxy groups -OCH3 is 2. The zero-order valence-electron chi connectivity index (χ0n) is 13.6. The zero-order valence-corrected chi connectivity index (χ0v) is 13.6. The highest BCUT2D eigenvalue weighted by atomic mass is 16.5. The van der Waals surface area contributed by atoms with Crippen molar-refractivity contribution in [3.8, 4) is 5.75 Å². The van der Waals surface area contributed by atoms with Crippen molar-refractivity contribution >= 4 is 17.9 Å². The second-order valence-electron chi connectivity index (χ2n) is 4.77. The largest absolute Gasteiger partial charge is 0.491 e. The fourth-order valence-corrected chi connectivity index (χ4v) is 2.07. The molecule has 2 rings (SSSR count). The predicted octanol–water partition coefficient (Wildman–Crippen LogP) is 1.23. The number of aromatic nitrogens is 2. The minimum absolute atomic E-state index is 0.0198. The number of para-hydroxylation sites is 1. The first-order valence-electron chi connectivity index (χ1n) is 7.17. The SMILES string of the molecule is COC(=O)c1cc(C(=O)OC)n(CCOc2ccccc2C(=O)O)n1. The van der Waals surface area contributed by atoms with Gasteiger partial charge in [-0.3, -0.25) is 4.68 Å². The number of nitrogens with zero attached hydrogens (tertiary/aromatic N) is 2. The van der Waals surface area contributed by atoms with Crippen molar-refractivity contribution in [3.63, 3.8) is 0 Å². The van der Waals surface area contributed by atoms with Crippen LogP contribution in [0.5, 0.6) is 5.75 Å². The zero-order chi connectivity index (χ0) is 18.4. The molecule has 2 aromatic rings. The first-order valence-corrected chi connectivity index (χ1v) is 7.17.